The Hall–Kier alpha value is -1.54. The van der Waals surface area contributed by atoms with Gasteiger partial charge in [-0.15, -0.1) is 0 Å². The average molecular weight is 263 g/mol. The summed E-state index contributed by atoms with van der Waals surface area (Å²) in [6.07, 6.45) is 2.07. The highest BCUT2D eigenvalue weighted by Crippen LogP contribution is 2.21. The molecule has 2 rings (SSSR count). The smallest absolute Gasteiger partial charge is 0.181 e. The van der Waals surface area contributed by atoms with Gasteiger partial charge in [0.15, 0.2) is 18.4 Å². The van der Waals surface area contributed by atoms with E-state index in [1.165, 1.54) is 11.3 Å². The number of aromatic nitrogens is 1. The zero-order valence-corrected chi connectivity index (χ0v) is 11.7. The molecule has 0 spiro atoms. The van der Waals surface area contributed by atoms with Gasteiger partial charge in [-0.25, -0.2) is 0 Å². The number of methoxy groups -OCH3 is 1. The minimum atomic E-state index is 0.754. The number of benzene rings is 1. The maximum Gasteiger partial charge on any atom is 0.181 e. The fraction of sp³-hybridized carbons (Fsp3) is 0.267. The van der Waals surface area contributed by atoms with Crippen molar-refractivity contribution in [1.82, 2.24) is 0 Å². The number of rotatable bonds is 3. The fourth-order valence-corrected chi connectivity index (χ4v) is 2.08. The molecule has 0 N–H and O–H groups in total. The van der Waals surface area contributed by atoms with E-state index in [1.54, 1.807) is 7.11 Å². The van der Waals surface area contributed by atoms with E-state index >= 15 is 0 Å². The molecule has 0 aliphatic carbocycles. The van der Waals surface area contributed by atoms with E-state index in [0.29, 0.717) is 0 Å². The molecule has 0 aliphatic heterocycles. The number of hydrogen-bond donors (Lipinski definition) is 0. The molecule has 0 fully saturated rings. The molecule has 1 aromatic heterocycles. The van der Waals surface area contributed by atoms with Crippen molar-refractivity contribution in [3.63, 3.8) is 0 Å². The zero-order chi connectivity index (χ0) is 13.1. The predicted octanol–water partition coefficient (Wildman–Crippen LogP) is 3.30. The Labute approximate surface area is 113 Å². The van der Waals surface area contributed by atoms with E-state index in [0.717, 1.165) is 22.9 Å². The number of pyridine rings is 1. The van der Waals surface area contributed by atoms with E-state index in [-0.39, 0.29) is 0 Å². The number of nitrogens with zero attached hydrogens (tertiary/aromatic N) is 1. The molecule has 0 amide bonds. The average Bonchev–Trinajstić information content (AvgIpc) is 2.37. The van der Waals surface area contributed by atoms with Crippen molar-refractivity contribution in [1.29, 1.82) is 0 Å². The number of ether oxygens (including phenoxy) is 1. The first-order chi connectivity index (χ1) is 8.61. The van der Waals surface area contributed by atoms with Gasteiger partial charge in [0, 0.05) is 24.1 Å². The molecule has 18 heavy (non-hydrogen) atoms. The van der Waals surface area contributed by atoms with E-state index < -0.39 is 0 Å². The van der Waals surface area contributed by atoms with Crippen LogP contribution in [0.2, 0.25) is 5.02 Å². The van der Waals surface area contributed by atoms with E-state index in [1.807, 2.05) is 18.2 Å². The zero-order valence-electron chi connectivity index (χ0n) is 10.9. The molecule has 0 aliphatic rings. The van der Waals surface area contributed by atoms with Gasteiger partial charge in [0.2, 0.25) is 0 Å². The summed E-state index contributed by atoms with van der Waals surface area (Å²) in [5.41, 5.74) is 3.59. The Morgan fingerprint density at radius 1 is 1.22 bits per heavy atom. The van der Waals surface area contributed by atoms with Crippen molar-refractivity contribution < 1.29 is 9.30 Å². The Balaban J connectivity index is 2.36. The normalized spacial score (nSPS) is 10.4. The predicted molar refractivity (Wildman–Crippen MR) is 73.2 cm³/mol. The molecule has 1 heterocycles. The van der Waals surface area contributed by atoms with Crippen molar-refractivity contribution in [3.05, 3.63) is 58.4 Å². The molecule has 0 radical (unpaired) electrons. The van der Waals surface area contributed by atoms with Crippen LogP contribution in [-0.2, 0) is 6.54 Å². The van der Waals surface area contributed by atoms with Gasteiger partial charge >= 0.3 is 0 Å². The third-order valence-corrected chi connectivity index (χ3v) is 3.58. The number of aryl methyl sites for hydroxylation is 1. The van der Waals surface area contributed by atoms with Crippen LogP contribution in [0, 0.1) is 13.8 Å². The second-order valence-electron chi connectivity index (χ2n) is 4.36. The van der Waals surface area contributed by atoms with Crippen LogP contribution in [0.15, 0.2) is 36.5 Å². The first kappa shape index (κ1) is 12.9. The van der Waals surface area contributed by atoms with Crippen LogP contribution in [0.4, 0.5) is 0 Å². The van der Waals surface area contributed by atoms with Crippen LogP contribution in [-0.4, -0.2) is 7.11 Å². The van der Waals surface area contributed by atoms with Crippen LogP contribution in [0.1, 0.15) is 16.8 Å². The highest BCUT2D eigenvalue weighted by molar-refractivity contribution is 6.31. The lowest BCUT2D eigenvalue weighted by molar-refractivity contribution is -0.694. The van der Waals surface area contributed by atoms with E-state index in [2.05, 4.69) is 36.7 Å². The van der Waals surface area contributed by atoms with Crippen LogP contribution < -0.4 is 9.30 Å². The van der Waals surface area contributed by atoms with E-state index in [4.69, 9.17) is 16.3 Å². The topological polar surface area (TPSA) is 13.1 Å². The minimum Gasteiger partial charge on any atom is -0.497 e. The SMILES string of the molecule is COc1ccc(Cl)c(C[n+]2cccc(C)c2C)c1. The first-order valence-electron chi connectivity index (χ1n) is 5.90. The number of halogens is 1. The second-order valence-corrected chi connectivity index (χ2v) is 4.77. The Morgan fingerprint density at radius 3 is 2.72 bits per heavy atom. The maximum atomic E-state index is 6.23. The highest BCUT2D eigenvalue weighted by Gasteiger charge is 2.12. The third kappa shape index (κ3) is 2.65. The van der Waals surface area contributed by atoms with Crippen molar-refractivity contribution >= 4 is 11.6 Å². The van der Waals surface area contributed by atoms with Crippen molar-refractivity contribution in [2.45, 2.75) is 20.4 Å². The van der Waals surface area contributed by atoms with Gasteiger partial charge in [-0.1, -0.05) is 11.6 Å². The van der Waals surface area contributed by atoms with Crippen molar-refractivity contribution in [2.24, 2.45) is 0 Å². The third-order valence-electron chi connectivity index (χ3n) is 3.21. The highest BCUT2D eigenvalue weighted by atomic mass is 35.5. The van der Waals surface area contributed by atoms with Crippen molar-refractivity contribution in [2.75, 3.05) is 7.11 Å². The van der Waals surface area contributed by atoms with Gasteiger partial charge in [0.05, 0.1) is 12.1 Å². The lowest BCUT2D eigenvalue weighted by atomic mass is 10.1. The number of hydrogen-bond acceptors (Lipinski definition) is 1. The molecule has 0 bridgehead atoms. The van der Waals surface area contributed by atoms with Gasteiger partial charge in [0.25, 0.3) is 0 Å². The summed E-state index contributed by atoms with van der Waals surface area (Å²) >= 11 is 6.23. The summed E-state index contributed by atoms with van der Waals surface area (Å²) in [7, 11) is 1.66. The molecule has 0 saturated heterocycles. The van der Waals surface area contributed by atoms with Gasteiger partial charge in [0.1, 0.15) is 5.75 Å². The van der Waals surface area contributed by atoms with Gasteiger partial charge in [-0.3, -0.25) is 0 Å². The van der Waals surface area contributed by atoms with Crippen LogP contribution >= 0.6 is 11.6 Å². The summed E-state index contributed by atoms with van der Waals surface area (Å²) in [6.45, 7) is 4.98. The summed E-state index contributed by atoms with van der Waals surface area (Å²) in [5, 5.41) is 0.768. The maximum absolute atomic E-state index is 6.23. The quantitative estimate of drug-likeness (QED) is 0.774. The molecular formula is C15H17ClNO+. The molecule has 1 aromatic carbocycles. The Kier molecular flexibility index (Phi) is 3.87. The Bertz CT molecular complexity index is 566. The van der Waals surface area contributed by atoms with Gasteiger partial charge in [-0.2, -0.15) is 4.57 Å². The summed E-state index contributed by atoms with van der Waals surface area (Å²) in [5.74, 6) is 0.834. The molecule has 3 heteroatoms. The van der Waals surface area contributed by atoms with Crippen LogP contribution in [0.3, 0.4) is 0 Å². The molecule has 94 valence electrons. The largest absolute Gasteiger partial charge is 0.497 e. The fourth-order valence-electron chi connectivity index (χ4n) is 1.90. The lowest BCUT2D eigenvalue weighted by Gasteiger charge is -2.06. The van der Waals surface area contributed by atoms with Gasteiger partial charge in [-0.05, 0) is 31.2 Å². The Morgan fingerprint density at radius 2 is 2.00 bits per heavy atom. The van der Waals surface area contributed by atoms with Crippen LogP contribution in [0.5, 0.6) is 5.75 Å². The molecule has 2 nitrogen and oxygen atoms in total. The minimum absolute atomic E-state index is 0.754. The summed E-state index contributed by atoms with van der Waals surface area (Å²) < 4.78 is 7.42. The van der Waals surface area contributed by atoms with Gasteiger partial charge < -0.3 is 4.74 Å². The molecule has 0 atom stereocenters. The molecule has 2 aromatic rings. The summed E-state index contributed by atoms with van der Waals surface area (Å²) in [6, 6.07) is 9.90. The molecule has 0 saturated carbocycles. The monoisotopic (exact) mass is 262 g/mol. The second kappa shape index (κ2) is 5.40. The van der Waals surface area contributed by atoms with Crippen molar-refractivity contribution in [3.8, 4) is 5.75 Å². The summed E-state index contributed by atoms with van der Waals surface area (Å²) in [4.78, 5) is 0. The molecular weight excluding hydrogens is 246 g/mol. The standard InChI is InChI=1S/C15H17ClNO/c1-11-5-4-8-17(12(11)2)10-13-9-14(18-3)6-7-15(13)16/h4-9H,10H2,1-3H3/q+1. The van der Waals surface area contributed by atoms with E-state index in [9.17, 15) is 0 Å². The first-order valence-corrected chi connectivity index (χ1v) is 6.27. The molecule has 0 unspecified atom stereocenters. The lowest BCUT2D eigenvalue weighted by Crippen LogP contribution is -2.37. The van der Waals surface area contributed by atoms with Crippen LogP contribution in [0.25, 0.3) is 0 Å².